The Hall–Kier alpha value is 0.310. The van der Waals surface area contributed by atoms with Crippen LogP contribution in [-0.4, -0.2) is 23.6 Å². The van der Waals surface area contributed by atoms with E-state index in [9.17, 15) is 0 Å². The third-order valence-corrected chi connectivity index (χ3v) is 3.91. The van der Waals surface area contributed by atoms with E-state index in [-0.39, 0.29) is 0 Å². The number of hydrogen-bond acceptors (Lipinski definition) is 2. The van der Waals surface area contributed by atoms with Gasteiger partial charge in [0.05, 0.1) is 0 Å². The summed E-state index contributed by atoms with van der Waals surface area (Å²) in [4.78, 5) is 0. The summed E-state index contributed by atoms with van der Waals surface area (Å²) in [6.45, 7) is 10.3. The summed E-state index contributed by atoms with van der Waals surface area (Å²) in [5.41, 5.74) is 0. The molecule has 1 nitrogen and oxygen atoms in total. The van der Waals surface area contributed by atoms with E-state index in [0.717, 1.165) is 11.3 Å². The summed E-state index contributed by atoms with van der Waals surface area (Å²) in [6, 6.07) is 0.731. The minimum atomic E-state index is 0.731. The Kier molecular flexibility index (Phi) is 10.1. The largest absolute Gasteiger partial charge is 0.313 e. The zero-order valence-electron chi connectivity index (χ0n) is 10.3. The number of nitrogens with one attached hydrogen (secondary N) is 1. The molecule has 2 atom stereocenters. The van der Waals surface area contributed by atoms with E-state index < -0.39 is 0 Å². The minimum Gasteiger partial charge on any atom is -0.313 e. The molecule has 14 heavy (non-hydrogen) atoms. The van der Waals surface area contributed by atoms with Crippen molar-refractivity contribution in [3.63, 3.8) is 0 Å². The van der Waals surface area contributed by atoms with Gasteiger partial charge in [-0.25, -0.2) is 0 Å². The predicted molar refractivity (Wildman–Crippen MR) is 69.2 cm³/mol. The van der Waals surface area contributed by atoms with Crippen LogP contribution in [0.2, 0.25) is 0 Å². The molecule has 0 aromatic carbocycles. The number of hydrogen-bond donors (Lipinski definition) is 1. The van der Waals surface area contributed by atoms with Gasteiger partial charge >= 0.3 is 0 Å². The molecule has 0 aliphatic carbocycles. The van der Waals surface area contributed by atoms with Crippen molar-refractivity contribution in [3.05, 3.63) is 0 Å². The zero-order valence-corrected chi connectivity index (χ0v) is 11.1. The maximum absolute atomic E-state index is 3.69. The van der Waals surface area contributed by atoms with E-state index in [1.165, 1.54) is 38.0 Å². The topological polar surface area (TPSA) is 12.0 Å². The number of rotatable bonds is 9. The van der Waals surface area contributed by atoms with Gasteiger partial charge < -0.3 is 5.32 Å². The predicted octanol–water partition coefficient (Wildman–Crippen LogP) is 3.69. The van der Waals surface area contributed by atoms with Crippen molar-refractivity contribution in [2.75, 3.05) is 12.3 Å². The third-order valence-electron chi connectivity index (χ3n) is 2.49. The zero-order chi connectivity index (χ0) is 10.8. The van der Waals surface area contributed by atoms with Crippen LogP contribution in [0.15, 0.2) is 0 Å². The van der Waals surface area contributed by atoms with Crippen LogP contribution in [0.1, 0.15) is 53.4 Å². The van der Waals surface area contributed by atoms with Gasteiger partial charge in [0.1, 0.15) is 0 Å². The quantitative estimate of drug-likeness (QED) is 0.632. The Bertz CT molecular complexity index is 117. The van der Waals surface area contributed by atoms with Crippen molar-refractivity contribution in [1.29, 1.82) is 0 Å². The van der Waals surface area contributed by atoms with Crippen LogP contribution < -0.4 is 5.32 Å². The van der Waals surface area contributed by atoms with Crippen LogP contribution in [0.25, 0.3) is 0 Å². The van der Waals surface area contributed by atoms with Gasteiger partial charge in [0.2, 0.25) is 0 Å². The standard InChI is InChI=1S/C12H27NS/c1-5-9-11(13-10-6-2)12(7-3)14-8-4/h11-13H,5-10H2,1-4H3. The third kappa shape index (κ3) is 5.92. The van der Waals surface area contributed by atoms with Gasteiger partial charge in [-0.3, -0.25) is 0 Å². The second-order valence-corrected chi connectivity index (χ2v) is 5.27. The Morgan fingerprint density at radius 1 is 1.07 bits per heavy atom. The summed E-state index contributed by atoms with van der Waals surface area (Å²) in [5.74, 6) is 1.24. The van der Waals surface area contributed by atoms with Crippen molar-refractivity contribution in [1.82, 2.24) is 5.32 Å². The highest BCUT2D eigenvalue weighted by Crippen LogP contribution is 2.20. The molecule has 0 aliphatic heterocycles. The normalized spacial score (nSPS) is 15.4. The van der Waals surface area contributed by atoms with Crippen molar-refractivity contribution < 1.29 is 0 Å². The van der Waals surface area contributed by atoms with E-state index in [1.807, 2.05) is 0 Å². The maximum atomic E-state index is 3.69. The second kappa shape index (κ2) is 9.85. The molecule has 0 bridgehead atoms. The van der Waals surface area contributed by atoms with Crippen LogP contribution in [0.5, 0.6) is 0 Å². The maximum Gasteiger partial charge on any atom is 0.0198 e. The summed E-state index contributed by atoms with van der Waals surface area (Å²) in [5, 5.41) is 4.50. The highest BCUT2D eigenvalue weighted by atomic mass is 32.2. The summed E-state index contributed by atoms with van der Waals surface area (Å²) in [6.07, 6.45) is 5.15. The smallest absolute Gasteiger partial charge is 0.0198 e. The molecule has 2 heteroatoms. The molecule has 0 amide bonds. The van der Waals surface area contributed by atoms with Crippen molar-refractivity contribution in [2.24, 2.45) is 0 Å². The number of thioether (sulfide) groups is 1. The van der Waals surface area contributed by atoms with E-state index in [2.05, 4.69) is 44.8 Å². The molecule has 0 aromatic heterocycles. The van der Waals surface area contributed by atoms with Crippen LogP contribution in [-0.2, 0) is 0 Å². The van der Waals surface area contributed by atoms with Crippen LogP contribution >= 0.6 is 11.8 Å². The van der Waals surface area contributed by atoms with Gasteiger partial charge in [-0.05, 0) is 31.6 Å². The minimum absolute atomic E-state index is 0.731. The van der Waals surface area contributed by atoms with E-state index >= 15 is 0 Å². The van der Waals surface area contributed by atoms with Crippen molar-refractivity contribution in [3.8, 4) is 0 Å². The molecule has 0 saturated carbocycles. The molecule has 0 heterocycles. The summed E-state index contributed by atoms with van der Waals surface area (Å²) < 4.78 is 0. The van der Waals surface area contributed by atoms with Gasteiger partial charge in [-0.2, -0.15) is 11.8 Å². The van der Waals surface area contributed by atoms with Crippen LogP contribution in [0.4, 0.5) is 0 Å². The fourth-order valence-corrected chi connectivity index (χ4v) is 2.92. The molecule has 2 unspecified atom stereocenters. The van der Waals surface area contributed by atoms with E-state index in [4.69, 9.17) is 0 Å². The first-order valence-corrected chi connectivity index (χ1v) is 7.19. The van der Waals surface area contributed by atoms with E-state index in [1.54, 1.807) is 0 Å². The Morgan fingerprint density at radius 3 is 2.21 bits per heavy atom. The first kappa shape index (κ1) is 14.3. The van der Waals surface area contributed by atoms with E-state index in [0.29, 0.717) is 0 Å². The molecule has 0 aromatic rings. The lowest BCUT2D eigenvalue weighted by molar-refractivity contribution is 0.454. The molecule has 0 saturated heterocycles. The highest BCUT2D eigenvalue weighted by Gasteiger charge is 2.17. The second-order valence-electron chi connectivity index (χ2n) is 3.75. The van der Waals surface area contributed by atoms with Crippen LogP contribution in [0, 0.1) is 0 Å². The van der Waals surface area contributed by atoms with Gasteiger partial charge in [-0.1, -0.05) is 34.1 Å². The molecule has 0 aliphatic rings. The molecule has 0 spiro atoms. The lowest BCUT2D eigenvalue weighted by Gasteiger charge is -2.26. The molecule has 0 radical (unpaired) electrons. The molecule has 0 rings (SSSR count). The van der Waals surface area contributed by atoms with Gasteiger partial charge in [-0.15, -0.1) is 0 Å². The molecule has 86 valence electrons. The highest BCUT2D eigenvalue weighted by molar-refractivity contribution is 7.99. The van der Waals surface area contributed by atoms with Gasteiger partial charge in [0.25, 0.3) is 0 Å². The Labute approximate surface area is 94.4 Å². The average Bonchev–Trinajstić information content (AvgIpc) is 2.21. The fourth-order valence-electron chi connectivity index (χ4n) is 1.79. The van der Waals surface area contributed by atoms with Crippen molar-refractivity contribution in [2.45, 2.75) is 64.7 Å². The molecular weight excluding hydrogens is 190 g/mol. The SMILES string of the molecule is CCCNC(CCC)C(CC)SCC. The summed E-state index contributed by atoms with van der Waals surface area (Å²) in [7, 11) is 0. The first-order valence-electron chi connectivity index (χ1n) is 6.14. The van der Waals surface area contributed by atoms with Crippen molar-refractivity contribution >= 4 is 11.8 Å². The van der Waals surface area contributed by atoms with Crippen LogP contribution in [0.3, 0.4) is 0 Å². The fraction of sp³-hybridized carbons (Fsp3) is 1.00. The average molecular weight is 217 g/mol. The molecule has 1 N–H and O–H groups in total. The van der Waals surface area contributed by atoms with Gasteiger partial charge in [0.15, 0.2) is 0 Å². The molecular formula is C12H27NS. The lowest BCUT2D eigenvalue weighted by Crippen LogP contribution is -2.38. The molecule has 0 fully saturated rings. The monoisotopic (exact) mass is 217 g/mol. The Morgan fingerprint density at radius 2 is 1.79 bits per heavy atom. The van der Waals surface area contributed by atoms with Gasteiger partial charge in [0, 0.05) is 11.3 Å². The Balaban J connectivity index is 3.97. The summed E-state index contributed by atoms with van der Waals surface area (Å²) >= 11 is 2.11. The lowest BCUT2D eigenvalue weighted by atomic mass is 10.1. The first-order chi connectivity index (χ1) is 6.79.